The molecule has 0 bridgehead atoms. The lowest BCUT2D eigenvalue weighted by Crippen LogP contribution is -2.17. The van der Waals surface area contributed by atoms with Crippen molar-refractivity contribution in [2.45, 2.75) is 12.9 Å². The topological polar surface area (TPSA) is 107 Å². The number of ether oxygens (including phenoxy) is 1. The number of rotatable bonds is 6. The Morgan fingerprint density at radius 3 is 2.36 bits per heavy atom. The number of alkyl halides is 3. The molecule has 2 aromatic rings. The predicted octanol–water partition coefficient (Wildman–Crippen LogP) is 3.20. The number of nitro benzene ring substituents is 1. The summed E-state index contributed by atoms with van der Waals surface area (Å²) in [6, 6.07) is 8.70. The van der Waals surface area contributed by atoms with Crippen molar-refractivity contribution in [1.29, 1.82) is 0 Å². The molecular weight excluding hydrogens is 343 g/mol. The van der Waals surface area contributed by atoms with E-state index in [1.165, 1.54) is 24.3 Å². The Hall–Kier alpha value is -3.30. The maximum atomic E-state index is 12.1. The van der Waals surface area contributed by atoms with Crippen molar-refractivity contribution < 1.29 is 27.6 Å². The van der Waals surface area contributed by atoms with Crippen LogP contribution in [0, 0.1) is 10.1 Å². The van der Waals surface area contributed by atoms with E-state index in [2.05, 4.69) is 10.1 Å². The number of nitrogens with two attached hydrogens (primary N) is 1. The number of anilines is 1. The number of carbonyl (C=O) groups excluding carboxylic acids is 1. The van der Waals surface area contributed by atoms with E-state index >= 15 is 0 Å². The van der Waals surface area contributed by atoms with Crippen molar-refractivity contribution in [3.05, 3.63) is 63.7 Å². The number of carbonyl (C=O) groups is 1. The SMILES string of the molecule is NC(=O)c1ccc(CNc2ccc(OC(F)(F)F)cc2)c([N+](=O)[O-])c1. The fourth-order valence-corrected chi connectivity index (χ4v) is 2.01. The summed E-state index contributed by atoms with van der Waals surface area (Å²) >= 11 is 0. The van der Waals surface area contributed by atoms with Gasteiger partial charge in [-0.3, -0.25) is 14.9 Å². The zero-order valence-electron chi connectivity index (χ0n) is 12.5. The molecule has 0 aliphatic carbocycles. The first kappa shape index (κ1) is 18.0. The molecule has 7 nitrogen and oxygen atoms in total. The van der Waals surface area contributed by atoms with Crippen LogP contribution in [0.4, 0.5) is 24.5 Å². The number of nitrogens with zero attached hydrogens (tertiary/aromatic N) is 1. The summed E-state index contributed by atoms with van der Waals surface area (Å²) in [6.07, 6.45) is -4.78. The second-order valence-electron chi connectivity index (χ2n) is 4.89. The summed E-state index contributed by atoms with van der Waals surface area (Å²) < 4.78 is 40.0. The minimum atomic E-state index is -4.78. The molecule has 3 N–H and O–H groups in total. The van der Waals surface area contributed by atoms with Crippen molar-refractivity contribution >= 4 is 17.3 Å². The molecule has 0 aliphatic rings. The van der Waals surface area contributed by atoms with Crippen LogP contribution in [0.3, 0.4) is 0 Å². The van der Waals surface area contributed by atoms with E-state index in [4.69, 9.17) is 5.73 Å². The lowest BCUT2D eigenvalue weighted by molar-refractivity contribution is -0.385. The van der Waals surface area contributed by atoms with Crippen LogP contribution in [0.5, 0.6) is 5.75 Å². The smallest absolute Gasteiger partial charge is 0.406 e. The Balaban J connectivity index is 2.10. The number of hydrogen-bond donors (Lipinski definition) is 2. The van der Waals surface area contributed by atoms with Crippen LogP contribution >= 0.6 is 0 Å². The molecule has 0 spiro atoms. The second kappa shape index (κ2) is 7.07. The molecule has 0 radical (unpaired) electrons. The van der Waals surface area contributed by atoms with E-state index in [-0.39, 0.29) is 29.1 Å². The Kier molecular flexibility index (Phi) is 5.11. The summed E-state index contributed by atoms with van der Waals surface area (Å²) in [4.78, 5) is 21.5. The average molecular weight is 355 g/mol. The summed E-state index contributed by atoms with van der Waals surface area (Å²) in [6.45, 7) is 0.0226. The van der Waals surface area contributed by atoms with Gasteiger partial charge in [0.05, 0.1) is 4.92 Å². The minimum Gasteiger partial charge on any atom is -0.406 e. The molecule has 0 heterocycles. The van der Waals surface area contributed by atoms with E-state index in [0.717, 1.165) is 18.2 Å². The van der Waals surface area contributed by atoms with Gasteiger partial charge in [0.15, 0.2) is 0 Å². The lowest BCUT2D eigenvalue weighted by Gasteiger charge is -2.11. The second-order valence-corrected chi connectivity index (χ2v) is 4.89. The molecule has 10 heteroatoms. The van der Waals surface area contributed by atoms with Gasteiger partial charge in [-0.1, -0.05) is 0 Å². The molecule has 1 amide bonds. The monoisotopic (exact) mass is 355 g/mol. The van der Waals surface area contributed by atoms with Gasteiger partial charge in [-0.15, -0.1) is 13.2 Å². The van der Waals surface area contributed by atoms with E-state index in [1.54, 1.807) is 0 Å². The molecule has 2 rings (SSSR count). The van der Waals surface area contributed by atoms with Gasteiger partial charge in [-0.25, -0.2) is 0 Å². The maximum absolute atomic E-state index is 12.1. The number of hydrogen-bond acceptors (Lipinski definition) is 5. The van der Waals surface area contributed by atoms with Crippen molar-refractivity contribution in [2.75, 3.05) is 5.32 Å². The first-order chi connectivity index (χ1) is 11.7. The van der Waals surface area contributed by atoms with Crippen LogP contribution in [0.1, 0.15) is 15.9 Å². The molecule has 0 fully saturated rings. The highest BCUT2D eigenvalue weighted by Crippen LogP contribution is 2.25. The highest BCUT2D eigenvalue weighted by Gasteiger charge is 2.30. The van der Waals surface area contributed by atoms with E-state index < -0.39 is 17.2 Å². The molecular formula is C15H12F3N3O4. The zero-order valence-corrected chi connectivity index (χ0v) is 12.5. The van der Waals surface area contributed by atoms with Crippen molar-refractivity contribution in [2.24, 2.45) is 5.73 Å². The van der Waals surface area contributed by atoms with Gasteiger partial charge in [0.1, 0.15) is 5.75 Å². The number of primary amides is 1. The third-order valence-corrected chi connectivity index (χ3v) is 3.14. The molecule has 0 aromatic heterocycles. The van der Waals surface area contributed by atoms with Gasteiger partial charge in [-0.2, -0.15) is 0 Å². The average Bonchev–Trinajstić information content (AvgIpc) is 2.52. The molecule has 132 valence electrons. The van der Waals surface area contributed by atoms with E-state index in [0.29, 0.717) is 5.69 Å². The first-order valence-electron chi connectivity index (χ1n) is 6.82. The Bertz CT molecular complexity index is 792. The van der Waals surface area contributed by atoms with E-state index in [9.17, 15) is 28.1 Å². The summed E-state index contributed by atoms with van der Waals surface area (Å²) in [5.41, 5.74) is 5.52. The van der Waals surface area contributed by atoms with Crippen molar-refractivity contribution in [3.63, 3.8) is 0 Å². The normalized spacial score (nSPS) is 11.0. The molecule has 0 saturated heterocycles. The fourth-order valence-electron chi connectivity index (χ4n) is 2.01. The van der Waals surface area contributed by atoms with Crippen LogP contribution in [0.15, 0.2) is 42.5 Å². The third-order valence-electron chi connectivity index (χ3n) is 3.14. The highest BCUT2D eigenvalue weighted by molar-refractivity contribution is 5.93. The third kappa shape index (κ3) is 5.09. The molecule has 2 aromatic carbocycles. The molecule has 0 saturated carbocycles. The van der Waals surface area contributed by atoms with Gasteiger partial charge >= 0.3 is 6.36 Å². The Morgan fingerprint density at radius 1 is 1.20 bits per heavy atom. The lowest BCUT2D eigenvalue weighted by atomic mass is 10.1. The van der Waals surface area contributed by atoms with E-state index in [1.807, 2.05) is 0 Å². The largest absolute Gasteiger partial charge is 0.573 e. The van der Waals surface area contributed by atoms with Gasteiger partial charge in [0.25, 0.3) is 5.69 Å². The number of nitro groups is 1. The number of halogens is 3. The Morgan fingerprint density at radius 2 is 1.84 bits per heavy atom. The van der Waals surface area contributed by atoms with Gasteiger partial charge in [0, 0.05) is 29.4 Å². The minimum absolute atomic E-state index is 0.00380. The maximum Gasteiger partial charge on any atom is 0.573 e. The van der Waals surface area contributed by atoms with Crippen molar-refractivity contribution in [3.8, 4) is 5.75 Å². The standard InChI is InChI=1S/C15H12F3N3O4/c16-15(17,18)25-12-5-3-11(4-6-12)20-8-10-2-1-9(14(19)22)7-13(10)21(23)24/h1-7,20H,8H2,(H2,19,22). The highest BCUT2D eigenvalue weighted by atomic mass is 19.4. The number of nitrogens with one attached hydrogen (secondary N) is 1. The van der Waals surface area contributed by atoms with Crippen LogP contribution in [-0.2, 0) is 6.54 Å². The first-order valence-corrected chi connectivity index (χ1v) is 6.82. The van der Waals surface area contributed by atoms with Gasteiger partial charge in [-0.05, 0) is 36.4 Å². The molecule has 0 unspecified atom stereocenters. The summed E-state index contributed by atoms with van der Waals surface area (Å²) in [5.74, 6) is -1.17. The number of benzene rings is 2. The fraction of sp³-hybridized carbons (Fsp3) is 0.133. The van der Waals surface area contributed by atoms with Gasteiger partial charge < -0.3 is 15.8 Å². The van der Waals surface area contributed by atoms with Crippen LogP contribution in [-0.4, -0.2) is 17.2 Å². The van der Waals surface area contributed by atoms with Crippen LogP contribution in [0.25, 0.3) is 0 Å². The quantitative estimate of drug-likeness (QED) is 0.611. The summed E-state index contributed by atoms with van der Waals surface area (Å²) in [5, 5.41) is 13.9. The summed E-state index contributed by atoms with van der Waals surface area (Å²) in [7, 11) is 0. The molecule has 0 aliphatic heterocycles. The van der Waals surface area contributed by atoms with Crippen LogP contribution < -0.4 is 15.8 Å². The molecule has 0 atom stereocenters. The zero-order chi connectivity index (χ0) is 18.6. The van der Waals surface area contributed by atoms with Crippen molar-refractivity contribution in [1.82, 2.24) is 0 Å². The number of amides is 1. The predicted molar refractivity (Wildman–Crippen MR) is 82.1 cm³/mol. The molecule has 25 heavy (non-hydrogen) atoms. The van der Waals surface area contributed by atoms with Gasteiger partial charge in [0.2, 0.25) is 5.91 Å². The Labute approximate surface area is 139 Å². The van der Waals surface area contributed by atoms with Crippen LogP contribution in [0.2, 0.25) is 0 Å².